The minimum absolute atomic E-state index is 0.0502. The first kappa shape index (κ1) is 16.1. The highest BCUT2D eigenvalue weighted by molar-refractivity contribution is 6.30. The Morgan fingerprint density at radius 3 is 2.36 bits per heavy atom. The van der Waals surface area contributed by atoms with E-state index in [9.17, 15) is 4.79 Å². The second kappa shape index (κ2) is 7.66. The lowest BCUT2D eigenvalue weighted by Crippen LogP contribution is -2.24. The molecule has 0 spiro atoms. The summed E-state index contributed by atoms with van der Waals surface area (Å²) in [5, 5.41) is 0.692. The summed E-state index contributed by atoms with van der Waals surface area (Å²) in [4.78, 5) is 13.8. The highest BCUT2D eigenvalue weighted by Crippen LogP contribution is 2.13. The van der Waals surface area contributed by atoms with Gasteiger partial charge < -0.3 is 9.64 Å². The first-order valence-corrected chi connectivity index (χ1v) is 7.28. The summed E-state index contributed by atoms with van der Waals surface area (Å²) in [7, 11) is 3.40. The minimum Gasteiger partial charge on any atom is -0.497 e. The van der Waals surface area contributed by atoms with Crippen LogP contribution in [-0.4, -0.2) is 25.0 Å². The van der Waals surface area contributed by atoms with E-state index in [0.717, 1.165) is 16.9 Å². The summed E-state index contributed by atoms with van der Waals surface area (Å²) in [6.45, 7) is 0.545. The maximum atomic E-state index is 12.1. The molecule has 0 heterocycles. The van der Waals surface area contributed by atoms with Crippen molar-refractivity contribution in [3.05, 3.63) is 70.8 Å². The predicted molar refractivity (Wildman–Crippen MR) is 90.0 cm³/mol. The summed E-state index contributed by atoms with van der Waals surface area (Å²) in [5.41, 5.74) is 1.99. The van der Waals surface area contributed by atoms with Gasteiger partial charge in [0.1, 0.15) is 5.75 Å². The molecule has 0 fully saturated rings. The summed E-state index contributed by atoms with van der Waals surface area (Å²) in [6.07, 6.45) is 3.36. The molecule has 0 N–H and O–H groups in total. The molecule has 2 aromatic carbocycles. The summed E-state index contributed by atoms with van der Waals surface area (Å²) in [5.74, 6) is 0.745. The van der Waals surface area contributed by atoms with Crippen molar-refractivity contribution in [1.82, 2.24) is 4.90 Å². The van der Waals surface area contributed by atoms with Crippen LogP contribution in [0.25, 0.3) is 6.08 Å². The monoisotopic (exact) mass is 315 g/mol. The van der Waals surface area contributed by atoms with Crippen molar-refractivity contribution in [3.63, 3.8) is 0 Å². The first-order valence-electron chi connectivity index (χ1n) is 6.90. The number of halogens is 1. The predicted octanol–water partition coefficient (Wildman–Crippen LogP) is 4.02. The van der Waals surface area contributed by atoms with E-state index in [2.05, 4.69) is 0 Å². The first-order chi connectivity index (χ1) is 10.6. The van der Waals surface area contributed by atoms with Gasteiger partial charge in [0.25, 0.3) is 0 Å². The van der Waals surface area contributed by atoms with Gasteiger partial charge in [-0.05, 0) is 41.5 Å². The molecule has 22 heavy (non-hydrogen) atoms. The number of rotatable bonds is 5. The van der Waals surface area contributed by atoms with Gasteiger partial charge in [0.05, 0.1) is 7.11 Å². The average Bonchev–Trinajstić information content (AvgIpc) is 2.55. The maximum Gasteiger partial charge on any atom is 0.246 e. The molecule has 4 heteroatoms. The highest BCUT2D eigenvalue weighted by Gasteiger charge is 2.05. The number of carbonyl (C=O) groups excluding carboxylic acids is 1. The number of ether oxygens (including phenoxy) is 1. The maximum absolute atomic E-state index is 12.1. The van der Waals surface area contributed by atoms with Crippen LogP contribution in [0.5, 0.6) is 5.75 Å². The molecule has 0 unspecified atom stereocenters. The molecule has 0 aliphatic rings. The quantitative estimate of drug-likeness (QED) is 0.780. The third-order valence-corrected chi connectivity index (χ3v) is 3.50. The van der Waals surface area contributed by atoms with Crippen LogP contribution in [0.1, 0.15) is 11.1 Å². The lowest BCUT2D eigenvalue weighted by atomic mass is 10.2. The number of likely N-dealkylation sites (N-methyl/N-ethyl adjacent to an activating group) is 1. The smallest absolute Gasteiger partial charge is 0.246 e. The second-order valence-electron chi connectivity index (χ2n) is 4.93. The van der Waals surface area contributed by atoms with E-state index >= 15 is 0 Å². The summed E-state index contributed by atoms with van der Waals surface area (Å²) >= 11 is 5.85. The number of hydrogen-bond donors (Lipinski definition) is 0. The molecular weight excluding hydrogens is 298 g/mol. The molecule has 0 bridgehead atoms. The van der Waals surface area contributed by atoms with Crippen LogP contribution < -0.4 is 4.74 Å². The Bertz CT molecular complexity index is 648. The van der Waals surface area contributed by atoms with E-state index in [1.807, 2.05) is 48.5 Å². The number of carbonyl (C=O) groups is 1. The van der Waals surface area contributed by atoms with E-state index in [1.165, 1.54) is 0 Å². The zero-order chi connectivity index (χ0) is 15.9. The van der Waals surface area contributed by atoms with Crippen molar-refractivity contribution in [2.24, 2.45) is 0 Å². The highest BCUT2D eigenvalue weighted by atomic mass is 35.5. The Balaban J connectivity index is 1.95. The molecule has 0 radical (unpaired) electrons. The van der Waals surface area contributed by atoms with Crippen molar-refractivity contribution in [3.8, 4) is 5.75 Å². The number of nitrogens with zero attached hydrogens (tertiary/aromatic N) is 1. The number of benzene rings is 2. The molecule has 1 amide bonds. The van der Waals surface area contributed by atoms with Crippen molar-refractivity contribution < 1.29 is 9.53 Å². The molecule has 0 aliphatic carbocycles. The van der Waals surface area contributed by atoms with Crippen molar-refractivity contribution >= 4 is 23.6 Å². The largest absolute Gasteiger partial charge is 0.497 e. The fraction of sp³-hybridized carbons (Fsp3) is 0.167. The van der Waals surface area contributed by atoms with Gasteiger partial charge in [-0.2, -0.15) is 0 Å². The normalized spacial score (nSPS) is 10.7. The topological polar surface area (TPSA) is 29.5 Å². The van der Waals surface area contributed by atoms with Gasteiger partial charge >= 0.3 is 0 Å². The molecule has 2 aromatic rings. The van der Waals surface area contributed by atoms with Crippen LogP contribution >= 0.6 is 11.6 Å². The lowest BCUT2D eigenvalue weighted by molar-refractivity contribution is -0.125. The van der Waals surface area contributed by atoms with Crippen LogP contribution in [-0.2, 0) is 11.3 Å². The zero-order valence-corrected chi connectivity index (χ0v) is 13.4. The second-order valence-corrected chi connectivity index (χ2v) is 5.36. The van der Waals surface area contributed by atoms with Crippen molar-refractivity contribution in [2.45, 2.75) is 6.54 Å². The van der Waals surface area contributed by atoms with E-state index in [4.69, 9.17) is 16.3 Å². The standard InChI is InChI=1S/C18H18ClNO2/c1-20(13-15-3-8-16(19)9-4-15)18(21)12-7-14-5-10-17(22-2)11-6-14/h3-12H,13H2,1-2H3/b12-7+. The summed E-state index contributed by atoms with van der Waals surface area (Å²) in [6, 6.07) is 15.0. The lowest BCUT2D eigenvalue weighted by Gasteiger charge is -2.15. The number of hydrogen-bond acceptors (Lipinski definition) is 2. The molecule has 0 saturated carbocycles. The molecule has 0 aromatic heterocycles. The van der Waals surface area contributed by atoms with E-state index in [1.54, 1.807) is 31.2 Å². The third-order valence-electron chi connectivity index (χ3n) is 3.24. The molecule has 2 rings (SSSR count). The van der Waals surface area contributed by atoms with Crippen molar-refractivity contribution in [1.29, 1.82) is 0 Å². The van der Waals surface area contributed by atoms with Gasteiger partial charge in [-0.3, -0.25) is 4.79 Å². The average molecular weight is 316 g/mol. The van der Waals surface area contributed by atoms with Crippen molar-refractivity contribution in [2.75, 3.05) is 14.2 Å². The van der Waals surface area contributed by atoms with Gasteiger partial charge in [0, 0.05) is 24.7 Å². The van der Waals surface area contributed by atoms with Gasteiger partial charge in [-0.15, -0.1) is 0 Å². The Morgan fingerprint density at radius 2 is 1.77 bits per heavy atom. The minimum atomic E-state index is -0.0502. The van der Waals surface area contributed by atoms with Crippen LogP contribution in [0.15, 0.2) is 54.6 Å². The Hall–Kier alpha value is -2.26. The van der Waals surface area contributed by atoms with Gasteiger partial charge in [0.2, 0.25) is 5.91 Å². The fourth-order valence-electron chi connectivity index (χ4n) is 1.95. The zero-order valence-electron chi connectivity index (χ0n) is 12.6. The van der Waals surface area contributed by atoms with Gasteiger partial charge in [-0.1, -0.05) is 35.9 Å². The van der Waals surface area contributed by atoms with Crippen LogP contribution in [0.3, 0.4) is 0 Å². The Morgan fingerprint density at radius 1 is 1.14 bits per heavy atom. The summed E-state index contributed by atoms with van der Waals surface area (Å²) < 4.78 is 5.10. The van der Waals surface area contributed by atoms with Gasteiger partial charge in [-0.25, -0.2) is 0 Å². The molecular formula is C18H18ClNO2. The Labute approximate surface area is 135 Å². The van der Waals surface area contributed by atoms with Crippen LogP contribution in [0.2, 0.25) is 5.02 Å². The van der Waals surface area contributed by atoms with Crippen LogP contribution in [0, 0.1) is 0 Å². The molecule has 3 nitrogen and oxygen atoms in total. The van der Waals surface area contributed by atoms with Crippen LogP contribution in [0.4, 0.5) is 0 Å². The molecule has 114 valence electrons. The van der Waals surface area contributed by atoms with E-state index in [-0.39, 0.29) is 5.91 Å². The molecule has 0 atom stereocenters. The third kappa shape index (κ3) is 4.64. The molecule has 0 aliphatic heterocycles. The van der Waals surface area contributed by atoms with E-state index < -0.39 is 0 Å². The van der Waals surface area contributed by atoms with E-state index in [0.29, 0.717) is 11.6 Å². The SMILES string of the molecule is COc1ccc(/C=C/C(=O)N(C)Cc2ccc(Cl)cc2)cc1. The fourth-order valence-corrected chi connectivity index (χ4v) is 2.08. The Kier molecular flexibility index (Phi) is 5.61. The molecule has 0 saturated heterocycles. The number of amides is 1. The number of methoxy groups -OCH3 is 1. The van der Waals surface area contributed by atoms with Gasteiger partial charge in [0.15, 0.2) is 0 Å².